The Kier molecular flexibility index (Phi) is 1.88. The third-order valence-electron chi connectivity index (χ3n) is 3.91. The molecule has 1 saturated heterocycles. The maximum absolute atomic E-state index is 6.04. The van der Waals surface area contributed by atoms with Crippen molar-refractivity contribution in [1.29, 1.82) is 0 Å². The van der Waals surface area contributed by atoms with Crippen molar-refractivity contribution < 1.29 is 0 Å². The van der Waals surface area contributed by atoms with Gasteiger partial charge in [0.25, 0.3) is 5.78 Å². The molecule has 5 nitrogen and oxygen atoms in total. The Morgan fingerprint density at radius 3 is 3.06 bits per heavy atom. The summed E-state index contributed by atoms with van der Waals surface area (Å²) in [6.07, 6.45) is 5.47. The SMILES string of the molecule is Clc1cc(N2CC3CCC2C3)n2ncnc2n1. The number of aromatic nitrogens is 4. The van der Waals surface area contributed by atoms with Crippen LogP contribution < -0.4 is 4.90 Å². The Bertz CT molecular complexity index is 580. The molecule has 88 valence electrons. The summed E-state index contributed by atoms with van der Waals surface area (Å²) in [7, 11) is 0. The first-order chi connectivity index (χ1) is 8.31. The molecule has 3 heterocycles. The largest absolute Gasteiger partial charge is 0.353 e. The van der Waals surface area contributed by atoms with Crippen molar-refractivity contribution in [2.75, 3.05) is 11.4 Å². The predicted molar refractivity (Wildman–Crippen MR) is 64.3 cm³/mol. The first-order valence-corrected chi connectivity index (χ1v) is 6.32. The van der Waals surface area contributed by atoms with Crippen LogP contribution in [0.25, 0.3) is 5.78 Å². The third kappa shape index (κ3) is 1.35. The highest BCUT2D eigenvalue weighted by Crippen LogP contribution is 2.40. The Morgan fingerprint density at radius 2 is 2.29 bits per heavy atom. The summed E-state index contributed by atoms with van der Waals surface area (Å²) in [6.45, 7) is 1.11. The summed E-state index contributed by atoms with van der Waals surface area (Å²) in [6, 6.07) is 2.54. The first-order valence-electron chi connectivity index (χ1n) is 5.94. The molecule has 2 aromatic heterocycles. The quantitative estimate of drug-likeness (QED) is 0.723. The number of hydrogen-bond acceptors (Lipinski definition) is 4. The Labute approximate surface area is 103 Å². The minimum atomic E-state index is 0.489. The van der Waals surface area contributed by atoms with Gasteiger partial charge in [-0.05, 0) is 25.2 Å². The second kappa shape index (κ2) is 3.32. The molecule has 0 amide bonds. The van der Waals surface area contributed by atoms with Gasteiger partial charge in [0, 0.05) is 18.7 Å². The van der Waals surface area contributed by atoms with E-state index in [0.29, 0.717) is 17.0 Å². The average molecular weight is 250 g/mol. The van der Waals surface area contributed by atoms with Crippen molar-refractivity contribution in [3.8, 4) is 0 Å². The van der Waals surface area contributed by atoms with Crippen LogP contribution in [0.3, 0.4) is 0 Å². The van der Waals surface area contributed by atoms with Gasteiger partial charge >= 0.3 is 0 Å². The molecule has 2 atom stereocenters. The summed E-state index contributed by atoms with van der Waals surface area (Å²) in [4.78, 5) is 10.7. The maximum atomic E-state index is 6.04. The lowest BCUT2D eigenvalue weighted by Crippen LogP contribution is -2.33. The lowest BCUT2D eigenvalue weighted by Gasteiger charge is -2.28. The van der Waals surface area contributed by atoms with Crippen LogP contribution in [0.4, 0.5) is 5.82 Å². The Balaban J connectivity index is 1.87. The zero-order valence-electron chi connectivity index (χ0n) is 9.25. The van der Waals surface area contributed by atoms with E-state index < -0.39 is 0 Å². The number of nitrogens with zero attached hydrogens (tertiary/aromatic N) is 5. The van der Waals surface area contributed by atoms with Crippen LogP contribution >= 0.6 is 11.6 Å². The van der Waals surface area contributed by atoms with Gasteiger partial charge in [-0.2, -0.15) is 19.6 Å². The normalized spacial score (nSPS) is 27.2. The van der Waals surface area contributed by atoms with Crippen LogP contribution in [0.5, 0.6) is 0 Å². The van der Waals surface area contributed by atoms with Gasteiger partial charge in [0.1, 0.15) is 17.3 Å². The van der Waals surface area contributed by atoms with Gasteiger partial charge < -0.3 is 4.90 Å². The van der Waals surface area contributed by atoms with Gasteiger partial charge in [-0.15, -0.1) is 0 Å². The summed E-state index contributed by atoms with van der Waals surface area (Å²) in [5, 5.41) is 4.72. The molecular formula is C11H12ClN5. The van der Waals surface area contributed by atoms with Gasteiger partial charge in [0.15, 0.2) is 0 Å². The van der Waals surface area contributed by atoms with Crippen molar-refractivity contribution in [3.63, 3.8) is 0 Å². The molecule has 2 aliphatic rings. The van der Waals surface area contributed by atoms with Crippen molar-refractivity contribution in [1.82, 2.24) is 19.6 Å². The van der Waals surface area contributed by atoms with E-state index in [-0.39, 0.29) is 0 Å². The summed E-state index contributed by atoms with van der Waals surface area (Å²) < 4.78 is 1.78. The molecule has 1 saturated carbocycles. The van der Waals surface area contributed by atoms with Gasteiger partial charge in [0.2, 0.25) is 0 Å². The smallest absolute Gasteiger partial charge is 0.255 e. The summed E-state index contributed by atoms with van der Waals surface area (Å²) in [5.41, 5.74) is 0. The predicted octanol–water partition coefficient (Wildman–Crippen LogP) is 1.77. The standard InChI is InChI=1S/C11H12ClN5/c12-9-4-10(17-11(15-9)13-6-14-17)16-5-7-1-2-8(16)3-7/h4,6-8H,1-3,5H2. The Morgan fingerprint density at radius 1 is 1.35 bits per heavy atom. The number of rotatable bonds is 1. The molecule has 0 aromatic carbocycles. The van der Waals surface area contributed by atoms with Gasteiger partial charge in [0.05, 0.1) is 0 Å². The van der Waals surface area contributed by atoms with Crippen LogP contribution in [0.1, 0.15) is 19.3 Å². The highest BCUT2D eigenvalue weighted by molar-refractivity contribution is 6.29. The zero-order chi connectivity index (χ0) is 11.4. The molecule has 0 spiro atoms. The third-order valence-corrected chi connectivity index (χ3v) is 4.10. The van der Waals surface area contributed by atoms with Gasteiger partial charge in [-0.1, -0.05) is 11.6 Å². The molecule has 17 heavy (non-hydrogen) atoms. The number of anilines is 1. The van der Waals surface area contributed by atoms with E-state index in [4.69, 9.17) is 11.6 Å². The molecule has 4 rings (SSSR count). The highest BCUT2D eigenvalue weighted by Gasteiger charge is 2.39. The van der Waals surface area contributed by atoms with Gasteiger partial charge in [-0.3, -0.25) is 0 Å². The molecule has 6 heteroatoms. The van der Waals surface area contributed by atoms with E-state index in [1.807, 2.05) is 6.07 Å². The van der Waals surface area contributed by atoms with Crippen LogP contribution in [-0.2, 0) is 0 Å². The monoisotopic (exact) mass is 249 g/mol. The minimum absolute atomic E-state index is 0.489. The molecule has 2 bridgehead atoms. The first kappa shape index (κ1) is 9.65. The molecule has 2 unspecified atom stereocenters. The Hall–Kier alpha value is -1.36. The van der Waals surface area contributed by atoms with E-state index >= 15 is 0 Å². The highest BCUT2D eigenvalue weighted by atomic mass is 35.5. The molecule has 1 aliphatic heterocycles. The number of piperidine rings is 1. The maximum Gasteiger partial charge on any atom is 0.255 e. The van der Waals surface area contributed by atoms with E-state index in [9.17, 15) is 0 Å². The fraction of sp³-hybridized carbons (Fsp3) is 0.545. The number of halogens is 1. The van der Waals surface area contributed by atoms with Crippen LogP contribution in [0, 0.1) is 5.92 Å². The van der Waals surface area contributed by atoms with E-state index in [0.717, 1.165) is 18.3 Å². The van der Waals surface area contributed by atoms with Crippen molar-refractivity contribution >= 4 is 23.2 Å². The number of fused-ring (bicyclic) bond motifs is 3. The molecule has 0 radical (unpaired) electrons. The van der Waals surface area contributed by atoms with Crippen LogP contribution in [-0.4, -0.2) is 32.2 Å². The zero-order valence-corrected chi connectivity index (χ0v) is 10.0. The fourth-order valence-electron chi connectivity index (χ4n) is 3.18. The molecule has 0 N–H and O–H groups in total. The van der Waals surface area contributed by atoms with Crippen LogP contribution in [0.2, 0.25) is 5.15 Å². The summed E-state index contributed by atoms with van der Waals surface area (Å²) in [5.74, 6) is 2.45. The fourth-order valence-corrected chi connectivity index (χ4v) is 3.35. The molecule has 2 fully saturated rings. The van der Waals surface area contributed by atoms with E-state index in [1.165, 1.54) is 25.6 Å². The van der Waals surface area contributed by atoms with Crippen molar-refractivity contribution in [2.45, 2.75) is 25.3 Å². The molecule has 1 aliphatic carbocycles. The summed E-state index contributed by atoms with van der Waals surface area (Å²) >= 11 is 6.04. The minimum Gasteiger partial charge on any atom is -0.353 e. The van der Waals surface area contributed by atoms with Crippen LogP contribution in [0.15, 0.2) is 12.4 Å². The molecule has 2 aromatic rings. The second-order valence-electron chi connectivity index (χ2n) is 4.89. The second-order valence-corrected chi connectivity index (χ2v) is 5.28. The van der Waals surface area contributed by atoms with E-state index in [1.54, 1.807) is 4.52 Å². The lowest BCUT2D eigenvalue weighted by atomic mass is 10.1. The van der Waals surface area contributed by atoms with Crippen molar-refractivity contribution in [3.05, 3.63) is 17.5 Å². The van der Waals surface area contributed by atoms with Crippen molar-refractivity contribution in [2.24, 2.45) is 5.92 Å². The number of hydrogen-bond donors (Lipinski definition) is 0. The van der Waals surface area contributed by atoms with Gasteiger partial charge in [-0.25, -0.2) is 0 Å². The van der Waals surface area contributed by atoms with E-state index in [2.05, 4.69) is 20.0 Å². The lowest BCUT2D eigenvalue weighted by molar-refractivity contribution is 0.547. The average Bonchev–Trinajstić information content (AvgIpc) is 3.02. The molecular weight excluding hydrogens is 238 g/mol. The topological polar surface area (TPSA) is 46.3 Å².